The molecule has 0 bridgehead atoms. The molecule has 110 valence electrons. The summed E-state index contributed by atoms with van der Waals surface area (Å²) in [6, 6.07) is 0.417. The lowest BCUT2D eigenvalue weighted by Crippen LogP contribution is -2.40. The minimum Gasteiger partial charge on any atom is -0.539 e. The van der Waals surface area contributed by atoms with E-state index in [2.05, 4.69) is 21.6 Å². The molecule has 1 unspecified atom stereocenters. The number of rotatable bonds is 3. The van der Waals surface area contributed by atoms with Crippen molar-refractivity contribution in [2.45, 2.75) is 32.2 Å². The number of Topliss-reactive ketones (excluding diaryl/α,β-unsaturated/α-hetero) is 1. The molecule has 8 heteroatoms. The van der Waals surface area contributed by atoms with Gasteiger partial charge in [0, 0.05) is 12.6 Å². The van der Waals surface area contributed by atoms with Gasteiger partial charge in [-0.25, -0.2) is 0 Å². The molecule has 2 rings (SSSR count). The highest BCUT2D eigenvalue weighted by Crippen LogP contribution is 2.22. The number of carbonyl (C=O) groups is 1. The average molecular weight is 315 g/mol. The third kappa shape index (κ3) is 3.29. The topological polar surface area (TPSA) is 73.3 Å². The summed E-state index contributed by atoms with van der Waals surface area (Å²) in [5, 5.41) is 14.8. The van der Waals surface area contributed by atoms with Crippen LogP contribution in [0.2, 0.25) is 0 Å². The Morgan fingerprint density at radius 3 is 3.00 bits per heavy atom. The average Bonchev–Trinajstić information content (AvgIpc) is 2.76. The van der Waals surface area contributed by atoms with E-state index in [1.807, 2.05) is 0 Å². The number of likely N-dealkylation sites (tertiary alicyclic amines) is 1. The lowest BCUT2D eigenvalue weighted by molar-refractivity contribution is -0.741. The molecule has 0 N–H and O–H groups in total. The maximum absolute atomic E-state index is 12.0. The van der Waals surface area contributed by atoms with Crippen LogP contribution in [0.4, 0.5) is 0 Å². The Bertz CT molecular complexity index is 499. The number of piperidine rings is 1. The molecule has 0 saturated carbocycles. The van der Waals surface area contributed by atoms with Crippen LogP contribution in [0, 0.1) is 0 Å². The van der Waals surface area contributed by atoms with Gasteiger partial charge in [-0.1, -0.05) is 28.7 Å². The maximum Gasteiger partial charge on any atom is 0.300 e. The third-order valence-corrected chi connectivity index (χ3v) is 4.87. The summed E-state index contributed by atoms with van der Waals surface area (Å²) in [7, 11) is 1.51. The van der Waals surface area contributed by atoms with Crippen LogP contribution in [0.15, 0.2) is 4.52 Å². The Morgan fingerprint density at radius 2 is 2.40 bits per heavy atom. The number of ketones is 1. The van der Waals surface area contributed by atoms with Gasteiger partial charge in [0.25, 0.3) is 5.69 Å². The highest BCUT2D eigenvalue weighted by atomic mass is 32.2. The SMILES string of the molecule is CC1CCCCN1C(=S)SCC(=O)c1c([O-])on[n+]1C. The quantitative estimate of drug-likeness (QED) is 0.460. The summed E-state index contributed by atoms with van der Waals surface area (Å²) >= 11 is 6.67. The summed E-state index contributed by atoms with van der Waals surface area (Å²) < 4.78 is 6.32. The minimum absolute atomic E-state index is 0.0352. The Hall–Kier alpha value is -1.15. The van der Waals surface area contributed by atoms with E-state index in [1.54, 1.807) is 0 Å². The monoisotopic (exact) mass is 315 g/mol. The van der Waals surface area contributed by atoms with E-state index in [9.17, 15) is 9.90 Å². The van der Waals surface area contributed by atoms with Crippen molar-refractivity contribution in [2.75, 3.05) is 12.3 Å². The van der Waals surface area contributed by atoms with Crippen molar-refractivity contribution in [1.29, 1.82) is 0 Å². The van der Waals surface area contributed by atoms with E-state index in [1.165, 1.54) is 25.2 Å². The summed E-state index contributed by atoms with van der Waals surface area (Å²) in [4.78, 5) is 14.2. The number of hydrogen-bond donors (Lipinski definition) is 0. The molecule has 0 spiro atoms. The first-order valence-corrected chi connectivity index (χ1v) is 7.89. The fourth-order valence-corrected chi connectivity index (χ4v) is 3.53. The first-order chi connectivity index (χ1) is 9.50. The third-order valence-electron chi connectivity index (χ3n) is 3.39. The molecular weight excluding hydrogens is 298 g/mol. The zero-order valence-electron chi connectivity index (χ0n) is 11.5. The van der Waals surface area contributed by atoms with Gasteiger partial charge in [0.1, 0.15) is 4.32 Å². The van der Waals surface area contributed by atoms with Crippen molar-refractivity contribution in [1.82, 2.24) is 10.2 Å². The Labute approximate surface area is 127 Å². The number of thiocarbonyl (C=S) groups is 1. The highest BCUT2D eigenvalue weighted by molar-refractivity contribution is 8.23. The second-order valence-corrected chi connectivity index (χ2v) is 6.46. The van der Waals surface area contributed by atoms with E-state index < -0.39 is 5.95 Å². The van der Waals surface area contributed by atoms with Crippen molar-refractivity contribution < 1.29 is 19.1 Å². The number of carbonyl (C=O) groups excluding carboxylic acids is 1. The van der Waals surface area contributed by atoms with Crippen molar-refractivity contribution in [3.8, 4) is 5.95 Å². The van der Waals surface area contributed by atoms with Gasteiger partial charge in [-0.2, -0.15) is 0 Å². The van der Waals surface area contributed by atoms with E-state index in [0.29, 0.717) is 6.04 Å². The molecule has 1 aromatic heterocycles. The predicted octanol–water partition coefficient (Wildman–Crippen LogP) is 0.648. The number of nitrogens with zero attached hydrogens (tertiary/aromatic N) is 3. The minimum atomic E-state index is -0.699. The molecular formula is C12H17N3O3S2. The van der Waals surface area contributed by atoms with Crippen LogP contribution in [0.1, 0.15) is 36.7 Å². The molecule has 20 heavy (non-hydrogen) atoms. The molecule has 1 saturated heterocycles. The van der Waals surface area contributed by atoms with Crippen molar-refractivity contribution in [2.24, 2.45) is 7.05 Å². The second-order valence-electron chi connectivity index (χ2n) is 4.85. The van der Waals surface area contributed by atoms with Crippen LogP contribution in [0.25, 0.3) is 0 Å². The number of aromatic nitrogens is 2. The van der Waals surface area contributed by atoms with Gasteiger partial charge in [0.15, 0.2) is 13.0 Å². The van der Waals surface area contributed by atoms with Crippen LogP contribution in [-0.4, -0.2) is 38.6 Å². The van der Waals surface area contributed by atoms with E-state index in [4.69, 9.17) is 12.2 Å². The molecule has 0 amide bonds. The lowest BCUT2D eigenvalue weighted by Gasteiger charge is -2.34. The fourth-order valence-electron chi connectivity index (χ4n) is 2.26. The van der Waals surface area contributed by atoms with E-state index in [0.717, 1.165) is 28.4 Å². The van der Waals surface area contributed by atoms with Crippen LogP contribution < -0.4 is 9.79 Å². The zero-order valence-corrected chi connectivity index (χ0v) is 13.1. The molecule has 1 aliphatic rings. The van der Waals surface area contributed by atoms with Crippen LogP contribution in [-0.2, 0) is 7.05 Å². The van der Waals surface area contributed by atoms with E-state index >= 15 is 0 Å². The molecule has 0 aliphatic carbocycles. The molecule has 2 heterocycles. The fraction of sp³-hybridized carbons (Fsp3) is 0.667. The molecule has 0 radical (unpaired) electrons. The van der Waals surface area contributed by atoms with Crippen molar-refractivity contribution in [3.63, 3.8) is 0 Å². The van der Waals surface area contributed by atoms with Gasteiger partial charge in [0.05, 0.1) is 11.0 Å². The maximum atomic E-state index is 12.0. The van der Waals surface area contributed by atoms with Crippen LogP contribution in [0.5, 0.6) is 5.95 Å². The van der Waals surface area contributed by atoms with Gasteiger partial charge in [-0.05, 0) is 26.2 Å². The first kappa shape index (κ1) is 15.2. The molecule has 1 fully saturated rings. The summed E-state index contributed by atoms with van der Waals surface area (Å²) in [6.07, 6.45) is 3.48. The smallest absolute Gasteiger partial charge is 0.300 e. The molecule has 1 aliphatic heterocycles. The lowest BCUT2D eigenvalue weighted by atomic mass is 10.1. The summed E-state index contributed by atoms with van der Waals surface area (Å²) in [5.74, 6) is -0.877. The molecule has 6 nitrogen and oxygen atoms in total. The van der Waals surface area contributed by atoms with Gasteiger partial charge < -0.3 is 14.5 Å². The zero-order chi connectivity index (χ0) is 14.7. The van der Waals surface area contributed by atoms with Gasteiger partial charge >= 0.3 is 0 Å². The molecule has 1 atom stereocenters. The molecule has 1 aromatic rings. The first-order valence-electron chi connectivity index (χ1n) is 6.50. The van der Waals surface area contributed by atoms with Gasteiger partial charge in [-0.15, -0.1) is 0 Å². The van der Waals surface area contributed by atoms with Gasteiger partial charge in [-0.3, -0.25) is 4.79 Å². The standard InChI is InChI=1S/C12H17N3O3S2/c1-8-5-3-4-6-15(8)12(19)20-7-9(16)10-11(17)18-13-14(10)2/h8H,3-7H2,1-2H3. The Balaban J connectivity index is 1.92. The number of hydrogen-bond acceptors (Lipinski definition) is 6. The second kappa shape index (κ2) is 6.53. The summed E-state index contributed by atoms with van der Waals surface area (Å²) in [6.45, 7) is 3.08. The Morgan fingerprint density at radius 1 is 1.65 bits per heavy atom. The number of aryl methyl sites for hydroxylation is 1. The largest absolute Gasteiger partial charge is 0.539 e. The van der Waals surface area contributed by atoms with E-state index in [-0.39, 0.29) is 17.2 Å². The highest BCUT2D eigenvalue weighted by Gasteiger charge is 2.25. The van der Waals surface area contributed by atoms with Gasteiger partial charge in [0.2, 0.25) is 5.78 Å². The molecule has 0 aromatic carbocycles. The predicted molar refractivity (Wildman–Crippen MR) is 76.5 cm³/mol. The van der Waals surface area contributed by atoms with Crippen LogP contribution in [0.3, 0.4) is 0 Å². The number of thioether (sulfide) groups is 1. The van der Waals surface area contributed by atoms with Crippen molar-refractivity contribution >= 4 is 34.1 Å². The Kier molecular flexibility index (Phi) is 4.98. The normalized spacial score (nSPS) is 19.1. The van der Waals surface area contributed by atoms with Crippen LogP contribution >= 0.6 is 24.0 Å². The van der Waals surface area contributed by atoms with Crippen molar-refractivity contribution in [3.05, 3.63) is 5.69 Å². The summed E-state index contributed by atoms with van der Waals surface area (Å²) in [5.41, 5.74) is -0.0352.